The van der Waals surface area contributed by atoms with Crippen LogP contribution in [0.3, 0.4) is 0 Å². The number of rotatable bonds is 3. The van der Waals surface area contributed by atoms with Crippen molar-refractivity contribution in [3.8, 4) is 0 Å². The van der Waals surface area contributed by atoms with Crippen LogP contribution in [0.15, 0.2) is 42.7 Å². The van der Waals surface area contributed by atoms with Gasteiger partial charge in [-0.25, -0.2) is 4.98 Å². The minimum atomic E-state index is -0.413. The van der Waals surface area contributed by atoms with Gasteiger partial charge in [0.05, 0.1) is 15.1 Å². The zero-order valence-corrected chi connectivity index (χ0v) is 11.1. The molecule has 0 aliphatic heterocycles. The Bertz CT molecular complexity index is 797. The molecule has 0 saturated carbocycles. The number of thiazole rings is 1. The molecule has 20 heavy (non-hydrogen) atoms. The molecule has 3 rings (SSSR count). The van der Waals surface area contributed by atoms with Crippen molar-refractivity contribution in [2.24, 2.45) is 0 Å². The first-order valence-electron chi connectivity index (χ1n) is 5.85. The smallest absolute Gasteiger partial charge is 0.264 e. The van der Waals surface area contributed by atoms with Crippen molar-refractivity contribution in [1.82, 2.24) is 9.97 Å². The Hall–Kier alpha value is -2.60. The molecule has 0 N–H and O–H groups in total. The molecule has 0 aliphatic carbocycles. The fourth-order valence-electron chi connectivity index (χ4n) is 1.76. The normalized spacial score (nSPS) is 11.2. The van der Waals surface area contributed by atoms with E-state index in [0.717, 1.165) is 15.3 Å². The number of pyridine rings is 1. The van der Waals surface area contributed by atoms with Crippen molar-refractivity contribution in [3.05, 3.63) is 63.4 Å². The van der Waals surface area contributed by atoms with Crippen LogP contribution in [0, 0.1) is 10.1 Å². The van der Waals surface area contributed by atoms with Crippen LogP contribution in [0.2, 0.25) is 0 Å². The van der Waals surface area contributed by atoms with Gasteiger partial charge in [-0.2, -0.15) is 0 Å². The quantitative estimate of drug-likeness (QED) is 0.542. The number of hydrogen-bond acceptors (Lipinski definition) is 5. The van der Waals surface area contributed by atoms with E-state index in [1.54, 1.807) is 18.5 Å². The van der Waals surface area contributed by atoms with Crippen molar-refractivity contribution in [3.63, 3.8) is 0 Å². The minimum absolute atomic E-state index is 0.0607. The summed E-state index contributed by atoms with van der Waals surface area (Å²) >= 11 is 1.50. The maximum atomic E-state index is 10.7. The first-order chi connectivity index (χ1) is 9.72. The van der Waals surface area contributed by atoms with E-state index in [0.29, 0.717) is 5.52 Å². The van der Waals surface area contributed by atoms with Crippen LogP contribution in [0.1, 0.15) is 10.6 Å². The fourth-order valence-corrected chi connectivity index (χ4v) is 2.61. The molecule has 0 unspecified atom stereocenters. The van der Waals surface area contributed by atoms with E-state index < -0.39 is 4.92 Å². The topological polar surface area (TPSA) is 68.9 Å². The minimum Gasteiger partial charge on any atom is -0.264 e. The molecule has 0 saturated heterocycles. The molecule has 2 aromatic heterocycles. The van der Waals surface area contributed by atoms with Crippen molar-refractivity contribution < 1.29 is 4.92 Å². The van der Waals surface area contributed by atoms with Crippen LogP contribution in [-0.2, 0) is 0 Å². The summed E-state index contributed by atoms with van der Waals surface area (Å²) < 4.78 is 0.932. The molecule has 98 valence electrons. The van der Waals surface area contributed by atoms with Crippen molar-refractivity contribution in [2.45, 2.75) is 0 Å². The molecule has 0 bridgehead atoms. The van der Waals surface area contributed by atoms with Crippen LogP contribution < -0.4 is 0 Å². The lowest BCUT2D eigenvalue weighted by molar-refractivity contribution is -0.384. The molecule has 0 amide bonds. The standard InChI is InChI=1S/C14H9N3O2S/c18-17(19)11-4-5-13-12(8-11)16-14(20-13)6-3-10-2-1-7-15-9-10/h1-9H. The largest absolute Gasteiger partial charge is 0.271 e. The van der Waals surface area contributed by atoms with Crippen LogP contribution in [-0.4, -0.2) is 14.9 Å². The highest BCUT2D eigenvalue weighted by molar-refractivity contribution is 7.19. The maximum absolute atomic E-state index is 10.7. The molecule has 0 atom stereocenters. The van der Waals surface area contributed by atoms with Gasteiger partial charge in [0, 0.05) is 24.5 Å². The van der Waals surface area contributed by atoms with E-state index >= 15 is 0 Å². The number of nitro groups is 1. The highest BCUT2D eigenvalue weighted by Gasteiger charge is 2.09. The van der Waals surface area contributed by atoms with E-state index in [-0.39, 0.29) is 5.69 Å². The lowest BCUT2D eigenvalue weighted by Crippen LogP contribution is -1.86. The summed E-state index contributed by atoms with van der Waals surface area (Å²) in [7, 11) is 0. The van der Waals surface area contributed by atoms with Crippen LogP contribution in [0.5, 0.6) is 0 Å². The Morgan fingerprint density at radius 3 is 2.90 bits per heavy atom. The second-order valence-corrected chi connectivity index (χ2v) is 5.14. The van der Waals surface area contributed by atoms with Gasteiger partial charge in [-0.3, -0.25) is 15.1 Å². The summed E-state index contributed by atoms with van der Waals surface area (Å²) in [6.45, 7) is 0. The van der Waals surface area contributed by atoms with Crippen LogP contribution in [0.4, 0.5) is 5.69 Å². The molecule has 2 heterocycles. The molecule has 3 aromatic rings. The van der Waals surface area contributed by atoms with Crippen molar-refractivity contribution >= 4 is 39.4 Å². The Kier molecular flexibility index (Phi) is 3.22. The highest BCUT2D eigenvalue weighted by atomic mass is 32.1. The van der Waals surface area contributed by atoms with Gasteiger partial charge < -0.3 is 0 Å². The molecule has 6 heteroatoms. The highest BCUT2D eigenvalue weighted by Crippen LogP contribution is 2.26. The van der Waals surface area contributed by atoms with E-state index in [2.05, 4.69) is 9.97 Å². The number of benzene rings is 1. The molecule has 0 radical (unpaired) electrons. The van der Waals surface area contributed by atoms with Crippen molar-refractivity contribution in [1.29, 1.82) is 0 Å². The number of nitrogens with zero attached hydrogens (tertiary/aromatic N) is 3. The molecule has 0 fully saturated rings. The summed E-state index contributed by atoms with van der Waals surface area (Å²) in [6.07, 6.45) is 7.27. The Balaban J connectivity index is 1.93. The van der Waals surface area contributed by atoms with Gasteiger partial charge in [0.2, 0.25) is 0 Å². The monoisotopic (exact) mass is 283 g/mol. The lowest BCUT2D eigenvalue weighted by atomic mass is 10.2. The van der Waals surface area contributed by atoms with Crippen LogP contribution >= 0.6 is 11.3 Å². The molecule has 1 aromatic carbocycles. The number of hydrogen-bond donors (Lipinski definition) is 0. The van der Waals surface area contributed by atoms with Gasteiger partial charge in [-0.05, 0) is 23.8 Å². The van der Waals surface area contributed by atoms with Gasteiger partial charge in [0.1, 0.15) is 5.01 Å². The van der Waals surface area contributed by atoms with Gasteiger partial charge in [0.15, 0.2) is 0 Å². The molecule has 0 spiro atoms. The van der Waals surface area contributed by atoms with E-state index in [1.165, 1.54) is 23.5 Å². The van der Waals surface area contributed by atoms with E-state index in [9.17, 15) is 10.1 Å². The summed E-state index contributed by atoms with van der Waals surface area (Å²) in [5.74, 6) is 0. The third kappa shape index (κ3) is 2.55. The summed E-state index contributed by atoms with van der Waals surface area (Å²) in [6, 6.07) is 8.53. The number of nitro benzene ring substituents is 1. The average molecular weight is 283 g/mol. The molecular weight excluding hydrogens is 274 g/mol. The van der Waals surface area contributed by atoms with E-state index in [1.807, 2.05) is 24.3 Å². The van der Waals surface area contributed by atoms with Crippen molar-refractivity contribution in [2.75, 3.05) is 0 Å². The molecule has 5 nitrogen and oxygen atoms in total. The average Bonchev–Trinajstić information content (AvgIpc) is 2.88. The number of aromatic nitrogens is 2. The molecule has 0 aliphatic rings. The van der Waals surface area contributed by atoms with Gasteiger partial charge in [0.25, 0.3) is 5.69 Å². The lowest BCUT2D eigenvalue weighted by Gasteiger charge is -1.89. The maximum Gasteiger partial charge on any atom is 0.271 e. The van der Waals surface area contributed by atoms with E-state index in [4.69, 9.17) is 0 Å². The van der Waals surface area contributed by atoms with Crippen LogP contribution in [0.25, 0.3) is 22.4 Å². The Morgan fingerprint density at radius 1 is 1.25 bits per heavy atom. The second-order valence-electron chi connectivity index (χ2n) is 4.08. The zero-order chi connectivity index (χ0) is 13.9. The third-order valence-corrected chi connectivity index (χ3v) is 3.70. The fraction of sp³-hybridized carbons (Fsp3) is 0. The first-order valence-corrected chi connectivity index (χ1v) is 6.67. The third-order valence-electron chi connectivity index (χ3n) is 2.70. The number of fused-ring (bicyclic) bond motifs is 1. The molecular formula is C14H9N3O2S. The number of non-ortho nitro benzene ring substituents is 1. The SMILES string of the molecule is O=[N+]([O-])c1ccc2sc(C=Cc3cccnc3)nc2c1. The Morgan fingerprint density at radius 2 is 2.15 bits per heavy atom. The van der Waals surface area contributed by atoms with Gasteiger partial charge >= 0.3 is 0 Å². The first kappa shape index (κ1) is 12.4. The predicted molar refractivity (Wildman–Crippen MR) is 79.4 cm³/mol. The summed E-state index contributed by atoms with van der Waals surface area (Å²) in [5, 5.41) is 11.5. The second kappa shape index (κ2) is 5.18. The predicted octanol–water partition coefficient (Wildman–Crippen LogP) is 3.77. The van der Waals surface area contributed by atoms with Gasteiger partial charge in [-0.15, -0.1) is 11.3 Å². The Labute approximate surface area is 118 Å². The summed E-state index contributed by atoms with van der Waals surface area (Å²) in [4.78, 5) is 18.7. The summed E-state index contributed by atoms with van der Waals surface area (Å²) in [5.41, 5.74) is 1.69. The van der Waals surface area contributed by atoms with Gasteiger partial charge in [-0.1, -0.05) is 12.1 Å². The zero-order valence-electron chi connectivity index (χ0n) is 10.3.